The van der Waals surface area contributed by atoms with Crippen LogP contribution >= 0.6 is 11.3 Å². The zero-order chi connectivity index (χ0) is 15.5. The molecule has 1 saturated heterocycles. The highest BCUT2D eigenvalue weighted by Crippen LogP contribution is 2.42. The lowest BCUT2D eigenvalue weighted by Crippen LogP contribution is -2.46. The molecule has 4 rings (SSSR count). The predicted molar refractivity (Wildman–Crippen MR) is 96.0 cm³/mol. The van der Waals surface area contributed by atoms with Gasteiger partial charge in [-0.2, -0.15) is 0 Å². The van der Waals surface area contributed by atoms with E-state index in [9.17, 15) is 0 Å². The van der Waals surface area contributed by atoms with E-state index in [2.05, 4.69) is 62.5 Å². The van der Waals surface area contributed by atoms with Crippen molar-refractivity contribution in [3.8, 4) is 0 Å². The Morgan fingerprint density at radius 1 is 1.04 bits per heavy atom. The van der Waals surface area contributed by atoms with E-state index in [-0.39, 0.29) is 0 Å². The summed E-state index contributed by atoms with van der Waals surface area (Å²) < 4.78 is 0. The Labute approximate surface area is 141 Å². The summed E-state index contributed by atoms with van der Waals surface area (Å²) in [5, 5.41) is 11.1. The second kappa shape index (κ2) is 6.81. The number of anilines is 1. The van der Waals surface area contributed by atoms with Crippen LogP contribution in [-0.4, -0.2) is 47.8 Å². The lowest BCUT2D eigenvalue weighted by molar-refractivity contribution is 0.284. The number of rotatable bonds is 5. The Morgan fingerprint density at radius 3 is 2.57 bits per heavy atom. The third-order valence-electron chi connectivity index (χ3n) is 4.47. The van der Waals surface area contributed by atoms with Gasteiger partial charge >= 0.3 is 0 Å². The molecule has 120 valence electrons. The molecule has 1 aliphatic heterocycles. The van der Waals surface area contributed by atoms with Gasteiger partial charge in [0.2, 0.25) is 5.13 Å². The second-order valence-corrected chi connectivity index (χ2v) is 7.29. The zero-order valence-corrected chi connectivity index (χ0v) is 14.1. The average molecular weight is 326 g/mol. The maximum Gasteiger partial charge on any atom is 0.208 e. The summed E-state index contributed by atoms with van der Waals surface area (Å²) in [4.78, 5) is 4.89. The lowest BCUT2D eigenvalue weighted by Gasteiger charge is -2.33. The maximum absolute atomic E-state index is 4.39. The summed E-state index contributed by atoms with van der Waals surface area (Å²) in [6, 6.07) is 10.5. The molecular weight excluding hydrogens is 304 g/mol. The molecule has 1 aromatic carbocycles. The molecule has 0 spiro atoms. The molecule has 0 N–H and O–H groups in total. The largest absolute Gasteiger partial charge is 0.344 e. The highest BCUT2D eigenvalue weighted by Gasteiger charge is 2.29. The van der Waals surface area contributed by atoms with E-state index in [0.717, 1.165) is 37.9 Å². The van der Waals surface area contributed by atoms with Gasteiger partial charge in [0, 0.05) is 38.6 Å². The molecule has 1 aliphatic carbocycles. The monoisotopic (exact) mass is 326 g/mol. The summed E-state index contributed by atoms with van der Waals surface area (Å²) in [6.45, 7) is 5.32. The van der Waals surface area contributed by atoms with Crippen LogP contribution in [-0.2, 0) is 0 Å². The fraction of sp³-hybridized carbons (Fsp3) is 0.444. The van der Waals surface area contributed by atoms with E-state index in [1.54, 1.807) is 11.3 Å². The Hall–Kier alpha value is -1.72. The molecule has 1 aromatic heterocycles. The van der Waals surface area contributed by atoms with Crippen molar-refractivity contribution in [1.29, 1.82) is 0 Å². The minimum atomic E-state index is 0.714. The van der Waals surface area contributed by atoms with E-state index in [1.165, 1.54) is 23.4 Å². The van der Waals surface area contributed by atoms with Gasteiger partial charge in [-0.25, -0.2) is 0 Å². The van der Waals surface area contributed by atoms with Gasteiger partial charge in [0.1, 0.15) is 5.01 Å². The van der Waals surface area contributed by atoms with E-state index in [4.69, 9.17) is 0 Å². The minimum absolute atomic E-state index is 0.714. The van der Waals surface area contributed by atoms with Gasteiger partial charge in [0.25, 0.3) is 0 Å². The first kappa shape index (κ1) is 14.8. The molecule has 0 amide bonds. The second-order valence-electron chi connectivity index (χ2n) is 6.30. The van der Waals surface area contributed by atoms with E-state index in [0.29, 0.717) is 5.92 Å². The summed E-state index contributed by atoms with van der Waals surface area (Å²) in [6.07, 6.45) is 7.08. The standard InChI is InChI=1S/C18H22N4S/c1-2-5-15(6-3-1)7-4-10-21-11-13-22(14-12-21)18-20-19-17(23-18)16-8-9-16/h1-7,16H,8-14H2/b7-4+. The van der Waals surface area contributed by atoms with Crippen LogP contribution in [0.5, 0.6) is 0 Å². The van der Waals surface area contributed by atoms with Crippen LogP contribution < -0.4 is 4.90 Å². The summed E-state index contributed by atoms with van der Waals surface area (Å²) >= 11 is 1.80. The first-order chi connectivity index (χ1) is 11.4. The predicted octanol–water partition coefficient (Wildman–Crippen LogP) is 3.25. The van der Waals surface area contributed by atoms with Crippen LogP contribution in [0.15, 0.2) is 36.4 Å². The lowest BCUT2D eigenvalue weighted by atomic mass is 10.2. The van der Waals surface area contributed by atoms with Crippen LogP contribution in [0.25, 0.3) is 6.08 Å². The quantitative estimate of drug-likeness (QED) is 0.844. The molecule has 5 heteroatoms. The molecule has 23 heavy (non-hydrogen) atoms. The zero-order valence-electron chi connectivity index (χ0n) is 13.3. The van der Waals surface area contributed by atoms with Gasteiger partial charge in [-0.3, -0.25) is 4.90 Å². The number of benzene rings is 1. The number of nitrogens with zero attached hydrogens (tertiary/aromatic N) is 4. The molecule has 4 nitrogen and oxygen atoms in total. The Bertz CT molecular complexity index is 655. The molecule has 0 radical (unpaired) electrons. The van der Waals surface area contributed by atoms with Crippen LogP contribution in [0, 0.1) is 0 Å². The third kappa shape index (κ3) is 3.79. The molecule has 0 atom stereocenters. The van der Waals surface area contributed by atoms with E-state index < -0.39 is 0 Å². The highest BCUT2D eigenvalue weighted by molar-refractivity contribution is 7.15. The highest BCUT2D eigenvalue weighted by atomic mass is 32.1. The number of hydrogen-bond donors (Lipinski definition) is 0. The van der Waals surface area contributed by atoms with Gasteiger partial charge in [-0.15, -0.1) is 10.2 Å². The topological polar surface area (TPSA) is 32.3 Å². The Morgan fingerprint density at radius 2 is 1.83 bits per heavy atom. The fourth-order valence-corrected chi connectivity index (χ4v) is 3.94. The van der Waals surface area contributed by atoms with Gasteiger partial charge in [-0.1, -0.05) is 53.8 Å². The van der Waals surface area contributed by atoms with Crippen LogP contribution in [0.4, 0.5) is 5.13 Å². The van der Waals surface area contributed by atoms with E-state index in [1.807, 2.05) is 0 Å². The van der Waals surface area contributed by atoms with Gasteiger partial charge in [-0.05, 0) is 18.4 Å². The molecule has 0 bridgehead atoms. The Balaban J connectivity index is 1.26. The molecule has 0 unspecified atom stereocenters. The van der Waals surface area contributed by atoms with Crippen molar-refractivity contribution in [2.75, 3.05) is 37.6 Å². The molecule has 2 aromatic rings. The SMILES string of the molecule is C(=C\c1ccccc1)/CN1CCN(c2nnc(C3CC3)s2)CC1. The summed E-state index contributed by atoms with van der Waals surface area (Å²) in [5.74, 6) is 0.714. The first-order valence-electron chi connectivity index (χ1n) is 8.41. The third-order valence-corrected chi connectivity index (χ3v) is 5.62. The fourth-order valence-electron chi connectivity index (χ4n) is 2.87. The van der Waals surface area contributed by atoms with Gasteiger partial charge in [0.05, 0.1) is 0 Å². The molecule has 1 saturated carbocycles. The van der Waals surface area contributed by atoms with E-state index >= 15 is 0 Å². The van der Waals surface area contributed by atoms with Crippen molar-refractivity contribution in [2.24, 2.45) is 0 Å². The maximum atomic E-state index is 4.39. The smallest absolute Gasteiger partial charge is 0.208 e. The molecule has 2 fully saturated rings. The number of piperazine rings is 1. The van der Waals surface area contributed by atoms with Crippen molar-refractivity contribution >= 4 is 22.5 Å². The first-order valence-corrected chi connectivity index (χ1v) is 9.22. The molecule has 2 heterocycles. The number of hydrogen-bond acceptors (Lipinski definition) is 5. The molecule has 2 aliphatic rings. The van der Waals surface area contributed by atoms with Crippen LogP contribution in [0.2, 0.25) is 0 Å². The van der Waals surface area contributed by atoms with Crippen molar-refractivity contribution in [3.05, 3.63) is 47.0 Å². The number of aromatic nitrogens is 2. The summed E-state index contributed by atoms with van der Waals surface area (Å²) in [5.41, 5.74) is 1.27. The Kier molecular flexibility index (Phi) is 4.39. The van der Waals surface area contributed by atoms with Crippen molar-refractivity contribution in [2.45, 2.75) is 18.8 Å². The van der Waals surface area contributed by atoms with Crippen molar-refractivity contribution in [3.63, 3.8) is 0 Å². The minimum Gasteiger partial charge on any atom is -0.344 e. The van der Waals surface area contributed by atoms with Crippen LogP contribution in [0.3, 0.4) is 0 Å². The molecular formula is C18H22N4S. The van der Waals surface area contributed by atoms with Gasteiger partial charge < -0.3 is 4.90 Å². The normalized spacial score (nSPS) is 19.6. The summed E-state index contributed by atoms with van der Waals surface area (Å²) in [7, 11) is 0. The average Bonchev–Trinajstić information content (AvgIpc) is 3.34. The van der Waals surface area contributed by atoms with Crippen molar-refractivity contribution < 1.29 is 0 Å². The van der Waals surface area contributed by atoms with Gasteiger partial charge in [0.15, 0.2) is 0 Å². The van der Waals surface area contributed by atoms with Crippen molar-refractivity contribution in [1.82, 2.24) is 15.1 Å². The van der Waals surface area contributed by atoms with Crippen LogP contribution in [0.1, 0.15) is 29.3 Å².